The maximum absolute atomic E-state index is 10.6. The Morgan fingerprint density at radius 1 is 1.15 bits per heavy atom. The molecule has 2 atom stereocenters. The third-order valence-electron chi connectivity index (χ3n) is 3.37. The van der Waals surface area contributed by atoms with E-state index in [1.807, 2.05) is 48.5 Å². The number of hydrogen-bond acceptors (Lipinski definition) is 3. The van der Waals surface area contributed by atoms with E-state index in [9.17, 15) is 5.11 Å². The molecule has 0 aromatic heterocycles. The van der Waals surface area contributed by atoms with Crippen LogP contribution in [-0.4, -0.2) is 18.8 Å². The summed E-state index contributed by atoms with van der Waals surface area (Å²) >= 11 is 3.44. The Balaban J connectivity index is 2.26. The smallest absolute Gasteiger partial charge is 0.118 e. The van der Waals surface area contributed by atoms with E-state index < -0.39 is 6.10 Å². The van der Waals surface area contributed by atoms with Crippen molar-refractivity contribution in [3.8, 4) is 5.75 Å². The van der Waals surface area contributed by atoms with Gasteiger partial charge in [0.1, 0.15) is 5.75 Å². The van der Waals surface area contributed by atoms with Gasteiger partial charge in [0, 0.05) is 16.9 Å². The summed E-state index contributed by atoms with van der Waals surface area (Å²) in [5.74, 6) is 0.633. The van der Waals surface area contributed by atoms with E-state index in [0.717, 1.165) is 21.3 Å². The molecule has 0 fully saturated rings. The van der Waals surface area contributed by atoms with E-state index in [1.54, 1.807) is 7.11 Å². The van der Waals surface area contributed by atoms with Gasteiger partial charge < -0.3 is 15.6 Å². The summed E-state index contributed by atoms with van der Waals surface area (Å²) < 4.78 is 6.11. The molecule has 0 aliphatic rings. The van der Waals surface area contributed by atoms with Crippen LogP contribution in [0.2, 0.25) is 0 Å². The summed E-state index contributed by atoms with van der Waals surface area (Å²) in [6.07, 6.45) is -0.639. The van der Waals surface area contributed by atoms with Crippen LogP contribution in [0.25, 0.3) is 0 Å². The van der Waals surface area contributed by atoms with Gasteiger partial charge in [-0.1, -0.05) is 40.2 Å². The fraction of sp³-hybridized carbons (Fsp3) is 0.250. The Bertz CT molecular complexity index is 557. The molecule has 106 valence electrons. The topological polar surface area (TPSA) is 55.5 Å². The third-order valence-corrected chi connectivity index (χ3v) is 3.86. The molecule has 3 N–H and O–H groups in total. The monoisotopic (exact) mass is 335 g/mol. The van der Waals surface area contributed by atoms with Crippen molar-refractivity contribution in [2.75, 3.05) is 13.7 Å². The van der Waals surface area contributed by atoms with Gasteiger partial charge in [0.25, 0.3) is 0 Å². The maximum atomic E-state index is 10.6. The largest absolute Gasteiger partial charge is 0.497 e. The molecule has 2 rings (SSSR count). The summed E-state index contributed by atoms with van der Waals surface area (Å²) in [7, 11) is 1.62. The molecule has 2 unspecified atom stereocenters. The highest BCUT2D eigenvalue weighted by molar-refractivity contribution is 9.10. The van der Waals surface area contributed by atoms with Crippen LogP contribution >= 0.6 is 15.9 Å². The minimum atomic E-state index is -0.639. The molecule has 2 aromatic carbocycles. The van der Waals surface area contributed by atoms with Gasteiger partial charge in [0.15, 0.2) is 0 Å². The van der Waals surface area contributed by atoms with Crippen molar-refractivity contribution < 1.29 is 9.84 Å². The van der Waals surface area contributed by atoms with Gasteiger partial charge in [0.05, 0.1) is 13.2 Å². The molecular weight excluding hydrogens is 318 g/mol. The number of rotatable bonds is 5. The van der Waals surface area contributed by atoms with Crippen LogP contribution in [0.1, 0.15) is 23.1 Å². The number of nitrogens with two attached hydrogens (primary N) is 1. The minimum absolute atomic E-state index is 0.138. The van der Waals surface area contributed by atoms with Gasteiger partial charge in [-0.05, 0) is 35.4 Å². The molecular formula is C16H18BrNO2. The van der Waals surface area contributed by atoms with Crippen LogP contribution in [0.4, 0.5) is 0 Å². The van der Waals surface area contributed by atoms with Gasteiger partial charge in [-0.2, -0.15) is 0 Å². The van der Waals surface area contributed by atoms with Crippen molar-refractivity contribution in [3.63, 3.8) is 0 Å². The first-order chi connectivity index (χ1) is 9.65. The Morgan fingerprint density at radius 3 is 2.40 bits per heavy atom. The van der Waals surface area contributed by atoms with E-state index in [0.29, 0.717) is 6.54 Å². The van der Waals surface area contributed by atoms with Crippen molar-refractivity contribution >= 4 is 15.9 Å². The first kappa shape index (κ1) is 15.0. The van der Waals surface area contributed by atoms with Crippen LogP contribution in [0.15, 0.2) is 53.0 Å². The van der Waals surface area contributed by atoms with E-state index in [1.165, 1.54) is 0 Å². The van der Waals surface area contributed by atoms with Gasteiger partial charge in [-0.15, -0.1) is 0 Å². The van der Waals surface area contributed by atoms with Crippen molar-refractivity contribution in [3.05, 3.63) is 64.1 Å². The van der Waals surface area contributed by atoms with Crippen molar-refractivity contribution in [1.82, 2.24) is 0 Å². The minimum Gasteiger partial charge on any atom is -0.497 e. The molecule has 0 saturated carbocycles. The summed E-state index contributed by atoms with van der Waals surface area (Å²) in [6, 6.07) is 15.3. The fourth-order valence-corrected chi connectivity index (χ4v) is 2.63. The van der Waals surface area contributed by atoms with Crippen LogP contribution in [-0.2, 0) is 0 Å². The molecule has 2 aromatic rings. The molecule has 0 aliphatic heterocycles. The van der Waals surface area contributed by atoms with E-state index >= 15 is 0 Å². The maximum Gasteiger partial charge on any atom is 0.118 e. The highest BCUT2D eigenvalue weighted by Crippen LogP contribution is 2.32. The van der Waals surface area contributed by atoms with E-state index in [4.69, 9.17) is 10.5 Å². The molecule has 0 aliphatic carbocycles. The molecule has 20 heavy (non-hydrogen) atoms. The average molecular weight is 336 g/mol. The molecule has 0 saturated heterocycles. The second kappa shape index (κ2) is 6.88. The standard InChI is InChI=1S/C16H18BrNO2/c1-20-14-7-5-11(6-8-14)16(19)15(10-18)12-3-2-4-13(17)9-12/h2-9,15-16,19H,10,18H2,1H3. The lowest BCUT2D eigenvalue weighted by Crippen LogP contribution is -2.20. The molecule has 0 bridgehead atoms. The van der Waals surface area contributed by atoms with Gasteiger partial charge in [0.2, 0.25) is 0 Å². The molecule has 0 amide bonds. The predicted molar refractivity (Wildman–Crippen MR) is 83.9 cm³/mol. The molecule has 0 radical (unpaired) electrons. The van der Waals surface area contributed by atoms with E-state index in [2.05, 4.69) is 15.9 Å². The Hall–Kier alpha value is -1.36. The highest BCUT2D eigenvalue weighted by atomic mass is 79.9. The number of hydrogen-bond donors (Lipinski definition) is 2. The van der Waals surface area contributed by atoms with Gasteiger partial charge in [-0.25, -0.2) is 0 Å². The zero-order valence-corrected chi connectivity index (χ0v) is 12.9. The van der Waals surface area contributed by atoms with Crippen LogP contribution in [0.5, 0.6) is 5.75 Å². The number of aliphatic hydroxyl groups excluding tert-OH is 1. The van der Waals surface area contributed by atoms with Gasteiger partial charge >= 0.3 is 0 Å². The normalized spacial score (nSPS) is 13.8. The Morgan fingerprint density at radius 2 is 1.85 bits per heavy atom. The third kappa shape index (κ3) is 3.39. The zero-order valence-electron chi connectivity index (χ0n) is 11.3. The molecule has 4 heteroatoms. The number of halogens is 1. The van der Waals surface area contributed by atoms with Crippen molar-refractivity contribution in [1.29, 1.82) is 0 Å². The summed E-state index contributed by atoms with van der Waals surface area (Å²) in [5, 5.41) is 10.6. The fourth-order valence-electron chi connectivity index (χ4n) is 2.22. The quantitative estimate of drug-likeness (QED) is 0.881. The summed E-state index contributed by atoms with van der Waals surface area (Å²) in [6.45, 7) is 0.379. The van der Waals surface area contributed by atoms with Crippen molar-refractivity contribution in [2.45, 2.75) is 12.0 Å². The van der Waals surface area contributed by atoms with Crippen LogP contribution < -0.4 is 10.5 Å². The lowest BCUT2D eigenvalue weighted by molar-refractivity contribution is 0.147. The second-order valence-electron chi connectivity index (χ2n) is 4.62. The molecule has 0 spiro atoms. The number of aliphatic hydroxyl groups is 1. The SMILES string of the molecule is COc1ccc(C(O)C(CN)c2cccc(Br)c2)cc1. The Kier molecular flexibility index (Phi) is 5.17. The Labute approximate surface area is 127 Å². The number of ether oxygens (including phenoxy) is 1. The van der Waals surface area contributed by atoms with Crippen LogP contribution in [0.3, 0.4) is 0 Å². The lowest BCUT2D eigenvalue weighted by atomic mass is 9.89. The first-order valence-corrected chi connectivity index (χ1v) is 7.22. The first-order valence-electron chi connectivity index (χ1n) is 6.43. The number of benzene rings is 2. The number of methoxy groups -OCH3 is 1. The second-order valence-corrected chi connectivity index (χ2v) is 5.53. The molecule has 3 nitrogen and oxygen atoms in total. The van der Waals surface area contributed by atoms with E-state index in [-0.39, 0.29) is 5.92 Å². The molecule has 0 heterocycles. The lowest BCUT2D eigenvalue weighted by Gasteiger charge is -2.22. The summed E-state index contributed by atoms with van der Waals surface area (Å²) in [4.78, 5) is 0. The summed E-state index contributed by atoms with van der Waals surface area (Å²) in [5.41, 5.74) is 7.70. The highest BCUT2D eigenvalue weighted by Gasteiger charge is 2.21. The zero-order chi connectivity index (χ0) is 14.5. The average Bonchev–Trinajstić information content (AvgIpc) is 2.48. The van der Waals surface area contributed by atoms with Crippen molar-refractivity contribution in [2.24, 2.45) is 5.73 Å². The van der Waals surface area contributed by atoms with Gasteiger partial charge in [-0.3, -0.25) is 0 Å². The van der Waals surface area contributed by atoms with Crippen LogP contribution in [0, 0.1) is 0 Å². The predicted octanol–water partition coefficient (Wildman–Crippen LogP) is 3.23.